The third-order valence-corrected chi connectivity index (χ3v) is 5.92. The van der Waals surface area contributed by atoms with E-state index in [0.29, 0.717) is 54.9 Å². The molecule has 186 valence electrons. The number of benzene rings is 2. The zero-order valence-corrected chi connectivity index (χ0v) is 20.6. The maximum atomic E-state index is 13.0. The Morgan fingerprint density at radius 1 is 0.971 bits per heavy atom. The third-order valence-electron chi connectivity index (χ3n) is 5.92. The lowest BCUT2D eigenvalue weighted by molar-refractivity contribution is 0.0162. The number of hydrogen-bond acceptors (Lipinski definition) is 7. The van der Waals surface area contributed by atoms with Crippen molar-refractivity contribution in [3.05, 3.63) is 47.5 Å². The van der Waals surface area contributed by atoms with Crippen LogP contribution in [-0.4, -0.2) is 71.6 Å². The average molecular weight is 473 g/mol. The number of hydrogen-bond donors (Lipinski definition) is 1. The maximum absolute atomic E-state index is 13.0. The highest BCUT2D eigenvalue weighted by atomic mass is 16.5. The molecule has 8 nitrogen and oxygen atoms in total. The van der Waals surface area contributed by atoms with E-state index in [2.05, 4.69) is 17.1 Å². The molecule has 3 rings (SSSR count). The van der Waals surface area contributed by atoms with Gasteiger partial charge in [0, 0.05) is 25.2 Å². The summed E-state index contributed by atoms with van der Waals surface area (Å²) >= 11 is 0. The molecule has 2 aromatic carbocycles. The monoisotopic (exact) mass is 472 g/mol. The van der Waals surface area contributed by atoms with Gasteiger partial charge in [0.15, 0.2) is 23.0 Å². The SMILES string of the molecule is CCCCOc1ccc(C(=O)NCC(c2ccc(OC)c(OC)c2)N2CCOCC2)cc1OC. The van der Waals surface area contributed by atoms with E-state index in [1.165, 1.54) is 0 Å². The van der Waals surface area contributed by atoms with Gasteiger partial charge in [-0.25, -0.2) is 0 Å². The maximum Gasteiger partial charge on any atom is 0.251 e. The van der Waals surface area contributed by atoms with E-state index in [9.17, 15) is 4.79 Å². The minimum Gasteiger partial charge on any atom is -0.493 e. The Balaban J connectivity index is 1.75. The lowest BCUT2D eigenvalue weighted by atomic mass is 10.0. The molecule has 1 atom stereocenters. The summed E-state index contributed by atoms with van der Waals surface area (Å²) in [5, 5.41) is 3.09. The molecular weight excluding hydrogens is 436 g/mol. The van der Waals surface area contributed by atoms with Gasteiger partial charge in [-0.1, -0.05) is 19.4 Å². The summed E-state index contributed by atoms with van der Waals surface area (Å²) in [6.07, 6.45) is 2.01. The first kappa shape index (κ1) is 25.6. The molecule has 1 saturated heterocycles. The van der Waals surface area contributed by atoms with Gasteiger partial charge < -0.3 is 29.0 Å². The molecule has 1 aliphatic heterocycles. The number of unbranched alkanes of at least 4 members (excludes halogenated alkanes) is 1. The van der Waals surface area contributed by atoms with Gasteiger partial charge in [0.05, 0.1) is 47.2 Å². The van der Waals surface area contributed by atoms with E-state index >= 15 is 0 Å². The van der Waals surface area contributed by atoms with Gasteiger partial charge in [0.2, 0.25) is 0 Å². The average Bonchev–Trinajstić information content (AvgIpc) is 2.89. The Morgan fingerprint density at radius 2 is 1.65 bits per heavy atom. The second-order valence-electron chi connectivity index (χ2n) is 8.06. The summed E-state index contributed by atoms with van der Waals surface area (Å²) in [6, 6.07) is 11.1. The Labute approximate surface area is 202 Å². The van der Waals surface area contributed by atoms with E-state index in [-0.39, 0.29) is 11.9 Å². The molecule has 1 aliphatic rings. The predicted molar refractivity (Wildman–Crippen MR) is 130 cm³/mol. The van der Waals surface area contributed by atoms with Crippen LogP contribution in [0.15, 0.2) is 36.4 Å². The van der Waals surface area contributed by atoms with Crippen LogP contribution in [0.5, 0.6) is 23.0 Å². The van der Waals surface area contributed by atoms with E-state index < -0.39 is 0 Å². The van der Waals surface area contributed by atoms with Crippen LogP contribution in [0.3, 0.4) is 0 Å². The number of carbonyl (C=O) groups excluding carboxylic acids is 1. The fourth-order valence-corrected chi connectivity index (χ4v) is 3.95. The van der Waals surface area contributed by atoms with Gasteiger partial charge >= 0.3 is 0 Å². The summed E-state index contributed by atoms with van der Waals surface area (Å²) in [4.78, 5) is 15.3. The molecule has 1 fully saturated rings. The fraction of sp³-hybridized carbons (Fsp3) is 0.500. The minimum absolute atomic E-state index is 0.0359. The van der Waals surface area contributed by atoms with Crippen LogP contribution in [0.4, 0.5) is 0 Å². The van der Waals surface area contributed by atoms with E-state index in [1.54, 1.807) is 39.5 Å². The van der Waals surface area contributed by atoms with Gasteiger partial charge in [0.25, 0.3) is 5.91 Å². The Bertz CT molecular complexity index is 930. The number of amides is 1. The normalized spacial score (nSPS) is 14.8. The molecule has 1 unspecified atom stereocenters. The highest BCUT2D eigenvalue weighted by molar-refractivity contribution is 5.94. The van der Waals surface area contributed by atoms with Crippen LogP contribution < -0.4 is 24.3 Å². The van der Waals surface area contributed by atoms with Gasteiger partial charge in [0.1, 0.15) is 0 Å². The van der Waals surface area contributed by atoms with Crippen LogP contribution in [0.1, 0.15) is 41.7 Å². The second-order valence-corrected chi connectivity index (χ2v) is 8.06. The Kier molecular flexibility index (Phi) is 9.85. The first-order chi connectivity index (χ1) is 16.6. The topological polar surface area (TPSA) is 78.5 Å². The molecule has 34 heavy (non-hydrogen) atoms. The van der Waals surface area contributed by atoms with Gasteiger partial charge in [-0.15, -0.1) is 0 Å². The molecule has 0 bridgehead atoms. The highest BCUT2D eigenvalue weighted by Gasteiger charge is 2.25. The summed E-state index contributed by atoms with van der Waals surface area (Å²) in [5.41, 5.74) is 1.56. The van der Waals surface area contributed by atoms with Crippen LogP contribution >= 0.6 is 0 Å². The van der Waals surface area contributed by atoms with Crippen LogP contribution in [-0.2, 0) is 4.74 Å². The Hall–Kier alpha value is -2.97. The number of nitrogens with zero attached hydrogens (tertiary/aromatic N) is 1. The number of carbonyl (C=O) groups is 1. The molecule has 1 amide bonds. The predicted octanol–water partition coefficient (Wildman–Crippen LogP) is 3.69. The zero-order valence-electron chi connectivity index (χ0n) is 20.6. The van der Waals surface area contributed by atoms with Crippen molar-refractivity contribution in [2.24, 2.45) is 0 Å². The Morgan fingerprint density at radius 3 is 2.32 bits per heavy atom. The molecule has 0 spiro atoms. The van der Waals surface area contributed by atoms with Crippen molar-refractivity contribution < 1.29 is 28.5 Å². The van der Waals surface area contributed by atoms with E-state index in [1.807, 2.05) is 18.2 Å². The van der Waals surface area contributed by atoms with Gasteiger partial charge in [-0.05, 0) is 42.3 Å². The van der Waals surface area contributed by atoms with Crippen molar-refractivity contribution in [1.82, 2.24) is 10.2 Å². The largest absolute Gasteiger partial charge is 0.493 e. The van der Waals surface area contributed by atoms with Crippen molar-refractivity contribution in [1.29, 1.82) is 0 Å². The van der Waals surface area contributed by atoms with Crippen molar-refractivity contribution in [3.8, 4) is 23.0 Å². The van der Waals surface area contributed by atoms with Crippen molar-refractivity contribution >= 4 is 5.91 Å². The van der Waals surface area contributed by atoms with Crippen molar-refractivity contribution in [2.45, 2.75) is 25.8 Å². The molecule has 2 aromatic rings. The smallest absolute Gasteiger partial charge is 0.251 e. The first-order valence-electron chi connectivity index (χ1n) is 11.7. The summed E-state index contributed by atoms with van der Waals surface area (Å²) in [7, 11) is 4.82. The lowest BCUT2D eigenvalue weighted by Crippen LogP contribution is -2.43. The molecule has 1 heterocycles. The molecule has 0 saturated carbocycles. The van der Waals surface area contributed by atoms with Crippen LogP contribution in [0, 0.1) is 0 Å². The van der Waals surface area contributed by atoms with Gasteiger partial charge in [-0.3, -0.25) is 9.69 Å². The number of rotatable bonds is 12. The molecule has 1 N–H and O–H groups in total. The van der Waals surface area contributed by atoms with E-state index in [0.717, 1.165) is 31.5 Å². The summed E-state index contributed by atoms with van der Waals surface area (Å²) < 4.78 is 27.7. The number of nitrogens with one attached hydrogen (secondary N) is 1. The quantitative estimate of drug-likeness (QED) is 0.472. The van der Waals surface area contributed by atoms with Gasteiger partial charge in [-0.2, -0.15) is 0 Å². The fourth-order valence-electron chi connectivity index (χ4n) is 3.95. The first-order valence-corrected chi connectivity index (χ1v) is 11.7. The summed E-state index contributed by atoms with van der Waals surface area (Å²) in [5.74, 6) is 2.35. The third kappa shape index (κ3) is 6.55. The summed E-state index contributed by atoms with van der Waals surface area (Å²) in [6.45, 7) is 6.05. The standard InChI is InChI=1S/C26H36N2O6/c1-5-6-13-34-23-10-8-20(17-25(23)32-4)26(29)27-18-21(28-11-14-33-15-12-28)19-7-9-22(30-2)24(16-19)31-3/h7-10,16-17,21H,5-6,11-15,18H2,1-4H3,(H,27,29). The minimum atomic E-state index is -0.169. The number of morpholine rings is 1. The van der Waals surface area contributed by atoms with Crippen LogP contribution in [0.25, 0.3) is 0 Å². The lowest BCUT2D eigenvalue weighted by Gasteiger charge is -2.35. The molecular formula is C26H36N2O6. The molecule has 0 aliphatic carbocycles. The second kappa shape index (κ2) is 13.1. The van der Waals surface area contributed by atoms with Crippen molar-refractivity contribution in [3.63, 3.8) is 0 Å². The molecule has 0 radical (unpaired) electrons. The van der Waals surface area contributed by atoms with E-state index in [4.69, 9.17) is 23.7 Å². The zero-order chi connectivity index (χ0) is 24.3. The van der Waals surface area contributed by atoms with Crippen molar-refractivity contribution in [2.75, 3.05) is 60.8 Å². The molecule has 0 aromatic heterocycles. The molecule has 8 heteroatoms. The number of methoxy groups -OCH3 is 3. The number of ether oxygens (including phenoxy) is 5. The highest BCUT2D eigenvalue weighted by Crippen LogP contribution is 2.32. The van der Waals surface area contributed by atoms with Crippen LogP contribution in [0.2, 0.25) is 0 Å².